The van der Waals surface area contributed by atoms with E-state index < -0.39 is 0 Å². The average molecular weight is 243 g/mol. The first-order valence-electron chi connectivity index (χ1n) is 5.99. The zero-order chi connectivity index (χ0) is 12.8. The molecule has 0 fully saturated rings. The first kappa shape index (κ1) is 12.6. The van der Waals surface area contributed by atoms with E-state index in [0.717, 1.165) is 17.1 Å². The molecule has 0 heterocycles. The number of benzene rings is 2. The third-order valence-corrected chi connectivity index (χ3v) is 2.71. The number of para-hydroxylation sites is 1. The molecule has 2 aromatic carbocycles. The van der Waals surface area contributed by atoms with E-state index in [0.29, 0.717) is 6.42 Å². The fraction of sp³-hybridized carbons (Fsp3) is 0.200. The molecule has 0 aromatic heterocycles. The monoisotopic (exact) mass is 243 g/mol. The highest BCUT2D eigenvalue weighted by molar-refractivity contribution is 5.34. The highest BCUT2D eigenvalue weighted by atomic mass is 16.5. The lowest BCUT2D eigenvalue weighted by atomic mass is 10.1. The number of ether oxygens (including phenoxy) is 1. The van der Waals surface area contributed by atoms with Crippen molar-refractivity contribution in [3.63, 3.8) is 0 Å². The minimum atomic E-state index is -0.158. The summed E-state index contributed by atoms with van der Waals surface area (Å²) < 4.78 is 5.73. The van der Waals surface area contributed by atoms with Crippen molar-refractivity contribution in [3.05, 3.63) is 60.2 Å². The number of rotatable bonds is 5. The van der Waals surface area contributed by atoms with Crippen molar-refractivity contribution in [2.24, 2.45) is 5.73 Å². The number of hydrogen-bond donors (Lipinski definition) is 2. The molecule has 18 heavy (non-hydrogen) atoms. The smallest absolute Gasteiger partial charge is 0.127 e. The van der Waals surface area contributed by atoms with Gasteiger partial charge in [0.15, 0.2) is 0 Å². The number of aliphatic hydroxyl groups is 1. The molecule has 3 nitrogen and oxygen atoms in total. The molecule has 0 radical (unpaired) electrons. The van der Waals surface area contributed by atoms with Crippen molar-refractivity contribution < 1.29 is 9.84 Å². The Morgan fingerprint density at radius 2 is 1.72 bits per heavy atom. The zero-order valence-electron chi connectivity index (χ0n) is 10.1. The van der Waals surface area contributed by atoms with Gasteiger partial charge >= 0.3 is 0 Å². The fourth-order valence-corrected chi connectivity index (χ4v) is 1.74. The van der Waals surface area contributed by atoms with Gasteiger partial charge in [-0.1, -0.05) is 30.3 Å². The molecule has 3 N–H and O–H groups in total. The van der Waals surface area contributed by atoms with E-state index in [4.69, 9.17) is 15.6 Å². The van der Waals surface area contributed by atoms with Gasteiger partial charge in [-0.25, -0.2) is 0 Å². The van der Waals surface area contributed by atoms with Crippen LogP contribution < -0.4 is 10.5 Å². The first-order valence-corrected chi connectivity index (χ1v) is 5.99. The topological polar surface area (TPSA) is 55.5 Å². The molecular weight excluding hydrogens is 226 g/mol. The van der Waals surface area contributed by atoms with E-state index in [1.54, 1.807) is 0 Å². The molecule has 0 bridgehead atoms. The summed E-state index contributed by atoms with van der Waals surface area (Å²) in [6.45, 7) is 0.0882. The van der Waals surface area contributed by atoms with Crippen molar-refractivity contribution in [1.82, 2.24) is 0 Å². The molecule has 2 rings (SSSR count). The van der Waals surface area contributed by atoms with Crippen LogP contribution in [0.5, 0.6) is 11.5 Å². The average Bonchev–Trinajstić information content (AvgIpc) is 2.40. The van der Waals surface area contributed by atoms with Crippen LogP contribution in [-0.2, 0) is 0 Å². The number of nitrogens with two attached hydrogens (primary N) is 1. The van der Waals surface area contributed by atoms with Crippen LogP contribution in [0.4, 0.5) is 0 Å². The normalized spacial score (nSPS) is 12.1. The van der Waals surface area contributed by atoms with Gasteiger partial charge in [0.1, 0.15) is 11.5 Å². The molecule has 2 aromatic rings. The lowest BCUT2D eigenvalue weighted by Crippen LogP contribution is -2.11. The van der Waals surface area contributed by atoms with E-state index in [-0.39, 0.29) is 12.6 Å². The highest BCUT2D eigenvalue weighted by Gasteiger charge is 2.06. The van der Waals surface area contributed by atoms with Crippen LogP contribution in [0.3, 0.4) is 0 Å². The van der Waals surface area contributed by atoms with Gasteiger partial charge in [-0.2, -0.15) is 0 Å². The zero-order valence-corrected chi connectivity index (χ0v) is 10.1. The van der Waals surface area contributed by atoms with Crippen LogP contribution in [0.1, 0.15) is 18.0 Å². The van der Waals surface area contributed by atoms with Crippen molar-refractivity contribution >= 4 is 0 Å². The standard InChI is InChI=1S/C15H17NO2/c16-15(9-10-17)12-5-4-8-14(11-12)18-13-6-2-1-3-7-13/h1-8,11,15,17H,9-10,16H2/t15-/m0/s1. The Kier molecular flexibility index (Phi) is 4.34. The van der Waals surface area contributed by atoms with Crippen LogP contribution in [0.15, 0.2) is 54.6 Å². The minimum absolute atomic E-state index is 0.0882. The Hall–Kier alpha value is -1.84. The van der Waals surface area contributed by atoms with E-state index in [1.807, 2.05) is 54.6 Å². The largest absolute Gasteiger partial charge is 0.457 e. The van der Waals surface area contributed by atoms with Gasteiger partial charge in [-0.3, -0.25) is 0 Å². The van der Waals surface area contributed by atoms with Gasteiger partial charge < -0.3 is 15.6 Å². The van der Waals surface area contributed by atoms with Crippen LogP contribution in [-0.4, -0.2) is 11.7 Å². The lowest BCUT2D eigenvalue weighted by Gasteiger charge is -2.12. The third-order valence-electron chi connectivity index (χ3n) is 2.71. The van der Waals surface area contributed by atoms with Crippen LogP contribution in [0.25, 0.3) is 0 Å². The van der Waals surface area contributed by atoms with Crippen LogP contribution in [0.2, 0.25) is 0 Å². The van der Waals surface area contributed by atoms with Crippen molar-refractivity contribution in [2.75, 3.05) is 6.61 Å². The van der Waals surface area contributed by atoms with Crippen molar-refractivity contribution in [2.45, 2.75) is 12.5 Å². The summed E-state index contributed by atoms with van der Waals surface area (Å²) in [5.41, 5.74) is 6.92. The molecule has 1 atom stereocenters. The fourth-order valence-electron chi connectivity index (χ4n) is 1.74. The molecule has 0 aliphatic heterocycles. The summed E-state index contributed by atoms with van der Waals surface area (Å²) in [5.74, 6) is 1.55. The number of hydrogen-bond acceptors (Lipinski definition) is 3. The molecule has 0 amide bonds. The maximum Gasteiger partial charge on any atom is 0.127 e. The summed E-state index contributed by atoms with van der Waals surface area (Å²) >= 11 is 0. The highest BCUT2D eigenvalue weighted by Crippen LogP contribution is 2.24. The molecule has 3 heteroatoms. The lowest BCUT2D eigenvalue weighted by molar-refractivity contribution is 0.276. The minimum Gasteiger partial charge on any atom is -0.457 e. The van der Waals surface area contributed by atoms with Crippen LogP contribution in [0, 0.1) is 0 Å². The van der Waals surface area contributed by atoms with Crippen molar-refractivity contribution in [1.29, 1.82) is 0 Å². The van der Waals surface area contributed by atoms with Crippen molar-refractivity contribution in [3.8, 4) is 11.5 Å². The van der Waals surface area contributed by atoms with E-state index >= 15 is 0 Å². The molecular formula is C15H17NO2. The van der Waals surface area contributed by atoms with Gasteiger partial charge in [-0.05, 0) is 36.2 Å². The Morgan fingerprint density at radius 3 is 2.44 bits per heavy atom. The molecule has 94 valence electrons. The SMILES string of the molecule is N[C@@H](CCO)c1cccc(Oc2ccccc2)c1. The second-order valence-electron chi connectivity index (χ2n) is 4.11. The Balaban J connectivity index is 2.12. The van der Waals surface area contributed by atoms with Gasteiger partial charge in [0.2, 0.25) is 0 Å². The van der Waals surface area contributed by atoms with E-state index in [9.17, 15) is 0 Å². The molecule has 0 unspecified atom stereocenters. The Bertz CT molecular complexity index is 485. The Morgan fingerprint density at radius 1 is 1.00 bits per heavy atom. The molecule has 0 saturated heterocycles. The first-order chi connectivity index (χ1) is 8.79. The van der Waals surface area contributed by atoms with Gasteiger partial charge in [0.25, 0.3) is 0 Å². The molecule has 0 aliphatic carbocycles. The summed E-state index contributed by atoms with van der Waals surface area (Å²) in [6.07, 6.45) is 0.550. The predicted octanol–water partition coefficient (Wildman–Crippen LogP) is 2.86. The van der Waals surface area contributed by atoms with E-state index in [1.165, 1.54) is 0 Å². The Labute approximate surface area is 107 Å². The maximum absolute atomic E-state index is 8.89. The predicted molar refractivity (Wildman–Crippen MR) is 71.6 cm³/mol. The third kappa shape index (κ3) is 3.32. The number of aliphatic hydroxyl groups excluding tert-OH is 1. The maximum atomic E-state index is 8.89. The van der Waals surface area contributed by atoms with Gasteiger partial charge in [-0.15, -0.1) is 0 Å². The summed E-state index contributed by atoms with van der Waals surface area (Å²) in [6, 6.07) is 17.1. The molecule has 0 saturated carbocycles. The quantitative estimate of drug-likeness (QED) is 0.849. The summed E-state index contributed by atoms with van der Waals surface area (Å²) in [7, 11) is 0. The summed E-state index contributed by atoms with van der Waals surface area (Å²) in [5, 5.41) is 8.89. The second kappa shape index (κ2) is 6.19. The van der Waals surface area contributed by atoms with Crippen LogP contribution >= 0.6 is 0 Å². The molecule has 0 aliphatic rings. The van der Waals surface area contributed by atoms with Gasteiger partial charge in [0, 0.05) is 12.6 Å². The molecule has 0 spiro atoms. The summed E-state index contributed by atoms with van der Waals surface area (Å²) in [4.78, 5) is 0. The van der Waals surface area contributed by atoms with Gasteiger partial charge in [0.05, 0.1) is 0 Å². The second-order valence-corrected chi connectivity index (χ2v) is 4.11. The van der Waals surface area contributed by atoms with E-state index in [2.05, 4.69) is 0 Å².